The zero-order chi connectivity index (χ0) is 13.7. The van der Waals surface area contributed by atoms with E-state index < -0.39 is 5.97 Å². The number of hydrogen-bond acceptors (Lipinski definition) is 5. The van der Waals surface area contributed by atoms with Gasteiger partial charge in [0.1, 0.15) is 11.5 Å². The first kappa shape index (κ1) is 12.8. The van der Waals surface area contributed by atoms with E-state index in [0.29, 0.717) is 12.4 Å². The Balaban J connectivity index is 2.12. The van der Waals surface area contributed by atoms with Crippen LogP contribution in [0.15, 0.2) is 36.5 Å². The summed E-state index contributed by atoms with van der Waals surface area (Å²) in [6.07, 6.45) is 1.33. The average Bonchev–Trinajstić information content (AvgIpc) is 2.42. The second kappa shape index (κ2) is 5.81. The fraction of sp³-hybridized carbons (Fsp3) is 0.154. The molecule has 0 amide bonds. The van der Waals surface area contributed by atoms with Crippen molar-refractivity contribution >= 4 is 5.97 Å². The lowest BCUT2D eigenvalue weighted by molar-refractivity contribution is 0.0689. The highest BCUT2D eigenvalue weighted by Crippen LogP contribution is 2.21. The molecule has 0 aliphatic carbocycles. The molecule has 1 aromatic carbocycles. The summed E-state index contributed by atoms with van der Waals surface area (Å²) in [4.78, 5) is 18.4. The third kappa shape index (κ3) is 3.41. The van der Waals surface area contributed by atoms with Crippen LogP contribution in [0.5, 0.6) is 17.5 Å². The van der Waals surface area contributed by atoms with Crippen molar-refractivity contribution in [2.75, 3.05) is 6.61 Å². The molecule has 0 saturated carbocycles. The van der Waals surface area contributed by atoms with Crippen molar-refractivity contribution in [1.82, 2.24) is 9.97 Å². The maximum Gasteiger partial charge on any atom is 0.354 e. The lowest BCUT2D eigenvalue weighted by atomic mass is 10.3. The molecule has 0 spiro atoms. The largest absolute Gasteiger partial charge is 0.494 e. The standard InChI is InChI=1S/C13H12N2O4/c1-2-18-9-3-5-10(6-4-9)19-13-14-8-7-11(15-13)12(16)17/h3-8H,2H2,1H3,(H,16,17). The maximum absolute atomic E-state index is 10.8. The van der Waals surface area contributed by atoms with E-state index in [1.165, 1.54) is 12.3 Å². The smallest absolute Gasteiger partial charge is 0.354 e. The zero-order valence-corrected chi connectivity index (χ0v) is 10.2. The summed E-state index contributed by atoms with van der Waals surface area (Å²) in [6.45, 7) is 2.49. The summed E-state index contributed by atoms with van der Waals surface area (Å²) in [5, 5.41) is 8.81. The molecule has 1 N–H and O–H groups in total. The second-order valence-electron chi connectivity index (χ2n) is 3.54. The van der Waals surface area contributed by atoms with Gasteiger partial charge in [-0.2, -0.15) is 4.98 Å². The van der Waals surface area contributed by atoms with Gasteiger partial charge in [0.15, 0.2) is 5.69 Å². The van der Waals surface area contributed by atoms with Crippen molar-refractivity contribution < 1.29 is 19.4 Å². The lowest BCUT2D eigenvalue weighted by Crippen LogP contribution is -2.02. The van der Waals surface area contributed by atoms with Gasteiger partial charge in [-0.25, -0.2) is 9.78 Å². The van der Waals surface area contributed by atoms with Crippen molar-refractivity contribution in [3.63, 3.8) is 0 Å². The molecule has 0 atom stereocenters. The number of carbonyl (C=O) groups is 1. The molecule has 0 aliphatic rings. The van der Waals surface area contributed by atoms with E-state index in [-0.39, 0.29) is 11.7 Å². The van der Waals surface area contributed by atoms with E-state index in [1.54, 1.807) is 24.3 Å². The minimum absolute atomic E-state index is 0.0101. The van der Waals surface area contributed by atoms with Gasteiger partial charge in [-0.3, -0.25) is 0 Å². The SMILES string of the molecule is CCOc1ccc(Oc2nccc(C(=O)O)n2)cc1. The molecular weight excluding hydrogens is 248 g/mol. The predicted molar refractivity (Wildman–Crippen MR) is 66.7 cm³/mol. The topological polar surface area (TPSA) is 81.5 Å². The number of carboxylic acid groups (broad SMARTS) is 1. The Kier molecular flexibility index (Phi) is 3.92. The molecular formula is C13H12N2O4. The zero-order valence-electron chi connectivity index (χ0n) is 10.2. The molecule has 0 saturated heterocycles. The van der Waals surface area contributed by atoms with E-state index in [2.05, 4.69) is 9.97 Å². The van der Waals surface area contributed by atoms with Crippen molar-refractivity contribution in [2.24, 2.45) is 0 Å². The van der Waals surface area contributed by atoms with Gasteiger partial charge in [0, 0.05) is 6.20 Å². The normalized spacial score (nSPS) is 9.95. The molecule has 0 radical (unpaired) electrons. The van der Waals surface area contributed by atoms with Crippen molar-refractivity contribution in [3.05, 3.63) is 42.2 Å². The predicted octanol–water partition coefficient (Wildman–Crippen LogP) is 2.37. The van der Waals surface area contributed by atoms with Gasteiger partial charge in [0.05, 0.1) is 6.61 Å². The molecule has 0 bridgehead atoms. The van der Waals surface area contributed by atoms with Crippen LogP contribution in [0, 0.1) is 0 Å². The first-order chi connectivity index (χ1) is 9.19. The van der Waals surface area contributed by atoms with Gasteiger partial charge in [-0.05, 0) is 37.3 Å². The van der Waals surface area contributed by atoms with Crippen LogP contribution < -0.4 is 9.47 Å². The first-order valence-electron chi connectivity index (χ1n) is 5.66. The van der Waals surface area contributed by atoms with E-state index in [4.69, 9.17) is 14.6 Å². The van der Waals surface area contributed by atoms with E-state index in [9.17, 15) is 4.79 Å². The Morgan fingerprint density at radius 3 is 2.53 bits per heavy atom. The van der Waals surface area contributed by atoms with Crippen LogP contribution in [0.25, 0.3) is 0 Å². The number of rotatable bonds is 5. The van der Waals surface area contributed by atoms with Gasteiger partial charge in [0.25, 0.3) is 0 Å². The third-order valence-electron chi connectivity index (χ3n) is 2.20. The Labute approximate surface area is 109 Å². The molecule has 2 aromatic rings. The van der Waals surface area contributed by atoms with Crippen LogP contribution in [-0.4, -0.2) is 27.7 Å². The number of hydrogen-bond donors (Lipinski definition) is 1. The Morgan fingerprint density at radius 2 is 1.89 bits per heavy atom. The van der Waals surface area contributed by atoms with E-state index in [1.807, 2.05) is 6.92 Å². The highest BCUT2D eigenvalue weighted by atomic mass is 16.5. The number of ether oxygens (including phenoxy) is 2. The van der Waals surface area contributed by atoms with Crippen molar-refractivity contribution in [2.45, 2.75) is 6.92 Å². The molecule has 6 heteroatoms. The lowest BCUT2D eigenvalue weighted by Gasteiger charge is -2.06. The molecule has 6 nitrogen and oxygen atoms in total. The molecule has 0 aliphatic heterocycles. The molecule has 19 heavy (non-hydrogen) atoms. The first-order valence-corrected chi connectivity index (χ1v) is 5.66. The van der Waals surface area contributed by atoms with Crippen LogP contribution in [0.3, 0.4) is 0 Å². The highest BCUT2D eigenvalue weighted by Gasteiger charge is 2.07. The second-order valence-corrected chi connectivity index (χ2v) is 3.54. The summed E-state index contributed by atoms with van der Waals surface area (Å²) < 4.78 is 10.7. The summed E-state index contributed by atoms with van der Waals surface area (Å²) in [6, 6.07) is 8.18. The van der Waals surface area contributed by atoms with Crippen molar-refractivity contribution in [3.8, 4) is 17.5 Å². The van der Waals surface area contributed by atoms with Gasteiger partial charge >= 0.3 is 12.0 Å². The molecule has 0 fully saturated rings. The van der Waals surface area contributed by atoms with Crippen LogP contribution in [0.1, 0.15) is 17.4 Å². The van der Waals surface area contributed by atoms with Gasteiger partial charge < -0.3 is 14.6 Å². The van der Waals surface area contributed by atoms with Gasteiger partial charge in [0.2, 0.25) is 0 Å². The molecule has 98 valence electrons. The number of aromatic carboxylic acids is 1. The minimum atomic E-state index is -1.13. The fourth-order valence-corrected chi connectivity index (χ4v) is 1.39. The summed E-state index contributed by atoms with van der Waals surface area (Å²) >= 11 is 0. The minimum Gasteiger partial charge on any atom is -0.494 e. The highest BCUT2D eigenvalue weighted by molar-refractivity contribution is 5.85. The van der Waals surface area contributed by atoms with Crippen LogP contribution in [0.2, 0.25) is 0 Å². The Hall–Kier alpha value is -2.63. The number of benzene rings is 1. The molecule has 1 aromatic heterocycles. The average molecular weight is 260 g/mol. The Morgan fingerprint density at radius 1 is 1.21 bits per heavy atom. The summed E-state index contributed by atoms with van der Waals surface area (Å²) in [5.41, 5.74) is -0.115. The third-order valence-corrected chi connectivity index (χ3v) is 2.20. The quantitative estimate of drug-likeness (QED) is 0.888. The molecule has 1 heterocycles. The van der Waals surface area contributed by atoms with E-state index >= 15 is 0 Å². The summed E-state index contributed by atoms with van der Waals surface area (Å²) in [7, 11) is 0. The van der Waals surface area contributed by atoms with Gasteiger partial charge in [-0.15, -0.1) is 0 Å². The number of aromatic nitrogens is 2. The van der Waals surface area contributed by atoms with Crippen molar-refractivity contribution in [1.29, 1.82) is 0 Å². The maximum atomic E-state index is 10.8. The summed E-state index contributed by atoms with van der Waals surface area (Å²) in [5.74, 6) is 0.111. The number of nitrogens with zero attached hydrogens (tertiary/aromatic N) is 2. The van der Waals surface area contributed by atoms with E-state index in [0.717, 1.165) is 5.75 Å². The van der Waals surface area contributed by atoms with Gasteiger partial charge in [-0.1, -0.05) is 0 Å². The molecule has 0 unspecified atom stereocenters. The fourth-order valence-electron chi connectivity index (χ4n) is 1.39. The van der Waals surface area contributed by atoms with Crippen LogP contribution in [0.4, 0.5) is 0 Å². The monoisotopic (exact) mass is 260 g/mol. The van der Waals surface area contributed by atoms with Crippen LogP contribution in [-0.2, 0) is 0 Å². The molecule has 2 rings (SSSR count). The Bertz CT molecular complexity index is 569. The van der Waals surface area contributed by atoms with Crippen LogP contribution >= 0.6 is 0 Å². The number of carboxylic acids is 1.